The average molecular weight is 495 g/mol. The number of rotatable bonds is 12. The van der Waals surface area contributed by atoms with E-state index >= 15 is 0 Å². The summed E-state index contributed by atoms with van der Waals surface area (Å²) in [5, 5.41) is 23.6. The van der Waals surface area contributed by atoms with Crippen molar-refractivity contribution in [3.8, 4) is 0 Å². The number of carboxylic acid groups (broad SMARTS) is 1. The largest absolute Gasteiger partial charge is 0.480 e. The van der Waals surface area contributed by atoms with Gasteiger partial charge in [0, 0.05) is 0 Å². The van der Waals surface area contributed by atoms with Crippen molar-refractivity contribution in [2.24, 2.45) is 11.8 Å². The van der Waals surface area contributed by atoms with Gasteiger partial charge in [0.15, 0.2) is 0 Å². The molecule has 9 heteroatoms. The Morgan fingerprint density at radius 2 is 1.57 bits per heavy atom. The summed E-state index contributed by atoms with van der Waals surface area (Å²) in [6.45, 7) is 12.4. The van der Waals surface area contributed by atoms with E-state index < -0.39 is 41.9 Å². The quantitative estimate of drug-likeness (QED) is 0.393. The Morgan fingerprint density at radius 1 is 1.00 bits per heavy atom. The van der Waals surface area contributed by atoms with Gasteiger partial charge in [-0.15, -0.1) is 0 Å². The van der Waals surface area contributed by atoms with Crippen LogP contribution in [-0.4, -0.2) is 63.6 Å². The molecule has 35 heavy (non-hydrogen) atoms. The monoisotopic (exact) mass is 494 g/mol. The molecule has 0 aliphatic carbocycles. The van der Waals surface area contributed by atoms with Crippen LogP contribution in [0.4, 0.5) is 9.59 Å². The highest BCUT2D eigenvalue weighted by atomic mass is 16.6. The molecule has 0 spiro atoms. The van der Waals surface area contributed by atoms with E-state index in [1.54, 1.807) is 32.9 Å². The molecule has 0 aliphatic rings. The van der Waals surface area contributed by atoms with Crippen LogP contribution in [0, 0.1) is 11.8 Å². The first-order valence-corrected chi connectivity index (χ1v) is 12.1. The van der Waals surface area contributed by atoms with Gasteiger partial charge in [0.05, 0.1) is 18.7 Å². The van der Waals surface area contributed by atoms with Crippen molar-refractivity contribution in [1.29, 1.82) is 0 Å². The fourth-order valence-corrected chi connectivity index (χ4v) is 3.55. The standard InChI is InChI=1S/C26H42N2O7/c1-17(2)13-20(27-24(32)35-26(5,6)7)22(29)15-28(21(23(30)31)14-18(3)4)25(33)34-16-19-11-9-8-10-12-19/h8-12,17-18,20-22,29H,13-16H2,1-7H3,(H,27,32)(H,30,31)/t20?,21-,22?/m1/s1. The van der Waals surface area contributed by atoms with Crippen molar-refractivity contribution in [1.82, 2.24) is 10.2 Å². The van der Waals surface area contributed by atoms with E-state index in [0.717, 1.165) is 10.5 Å². The first kappa shape index (κ1) is 30.2. The van der Waals surface area contributed by atoms with Gasteiger partial charge in [-0.25, -0.2) is 14.4 Å². The number of benzene rings is 1. The maximum Gasteiger partial charge on any atom is 0.410 e. The minimum Gasteiger partial charge on any atom is -0.480 e. The first-order chi connectivity index (χ1) is 16.2. The molecule has 1 aromatic rings. The molecular weight excluding hydrogens is 452 g/mol. The van der Waals surface area contributed by atoms with Crippen LogP contribution in [0.2, 0.25) is 0 Å². The topological polar surface area (TPSA) is 125 Å². The summed E-state index contributed by atoms with van der Waals surface area (Å²) >= 11 is 0. The molecule has 2 unspecified atom stereocenters. The van der Waals surface area contributed by atoms with Crippen molar-refractivity contribution >= 4 is 18.2 Å². The predicted molar refractivity (Wildman–Crippen MR) is 133 cm³/mol. The van der Waals surface area contributed by atoms with Crippen LogP contribution >= 0.6 is 0 Å². The Labute approximate surface area is 208 Å². The van der Waals surface area contributed by atoms with Crippen LogP contribution in [0.5, 0.6) is 0 Å². The highest BCUT2D eigenvalue weighted by Gasteiger charge is 2.35. The molecule has 9 nitrogen and oxygen atoms in total. The fraction of sp³-hybridized carbons (Fsp3) is 0.654. The summed E-state index contributed by atoms with van der Waals surface area (Å²) < 4.78 is 10.7. The third-order valence-electron chi connectivity index (χ3n) is 5.07. The van der Waals surface area contributed by atoms with E-state index in [1.807, 2.05) is 45.9 Å². The molecule has 1 rings (SSSR count). The third-order valence-corrected chi connectivity index (χ3v) is 5.07. The zero-order valence-corrected chi connectivity index (χ0v) is 22.0. The van der Waals surface area contributed by atoms with Crippen molar-refractivity contribution in [3.05, 3.63) is 35.9 Å². The van der Waals surface area contributed by atoms with Gasteiger partial charge in [-0.1, -0.05) is 58.0 Å². The highest BCUT2D eigenvalue weighted by Crippen LogP contribution is 2.18. The van der Waals surface area contributed by atoms with E-state index in [-0.39, 0.29) is 31.4 Å². The number of nitrogens with one attached hydrogen (secondary N) is 1. The van der Waals surface area contributed by atoms with Crippen LogP contribution in [0.25, 0.3) is 0 Å². The number of alkyl carbamates (subject to hydrolysis) is 1. The van der Waals surface area contributed by atoms with Gasteiger partial charge in [-0.3, -0.25) is 4.90 Å². The molecule has 0 saturated heterocycles. The van der Waals surface area contributed by atoms with E-state index in [1.165, 1.54) is 0 Å². The molecule has 0 heterocycles. The van der Waals surface area contributed by atoms with Crippen molar-refractivity contribution in [2.45, 2.75) is 91.7 Å². The van der Waals surface area contributed by atoms with Gasteiger partial charge >= 0.3 is 18.2 Å². The van der Waals surface area contributed by atoms with Crippen LogP contribution in [0.1, 0.15) is 66.9 Å². The van der Waals surface area contributed by atoms with Crippen molar-refractivity contribution in [2.75, 3.05) is 6.54 Å². The number of carbonyl (C=O) groups excluding carboxylic acids is 2. The molecule has 0 aliphatic heterocycles. The second kappa shape index (κ2) is 13.9. The van der Waals surface area contributed by atoms with Crippen LogP contribution in [0.3, 0.4) is 0 Å². The zero-order valence-electron chi connectivity index (χ0n) is 22.0. The third kappa shape index (κ3) is 11.9. The molecule has 0 radical (unpaired) electrons. The SMILES string of the molecule is CC(C)CC(NC(=O)OC(C)(C)C)C(O)CN(C(=O)OCc1ccccc1)[C@H](CC(C)C)C(=O)O. The Bertz CT molecular complexity index is 806. The van der Waals surface area contributed by atoms with Gasteiger partial charge < -0.3 is 25.0 Å². The van der Waals surface area contributed by atoms with Gasteiger partial charge in [0.2, 0.25) is 0 Å². The van der Waals surface area contributed by atoms with Gasteiger partial charge in [-0.05, 0) is 51.0 Å². The summed E-state index contributed by atoms with van der Waals surface area (Å²) in [6, 6.07) is 7.07. The van der Waals surface area contributed by atoms with Crippen LogP contribution in [0.15, 0.2) is 30.3 Å². The maximum absolute atomic E-state index is 13.1. The van der Waals surface area contributed by atoms with Crippen molar-refractivity contribution < 1.29 is 34.1 Å². The predicted octanol–water partition coefficient (Wildman–Crippen LogP) is 4.42. The van der Waals surface area contributed by atoms with Gasteiger partial charge in [-0.2, -0.15) is 0 Å². The maximum atomic E-state index is 13.1. The van der Waals surface area contributed by atoms with E-state index in [2.05, 4.69) is 5.32 Å². The number of carbonyl (C=O) groups is 3. The first-order valence-electron chi connectivity index (χ1n) is 12.1. The van der Waals surface area contributed by atoms with Crippen LogP contribution < -0.4 is 5.32 Å². The molecule has 198 valence electrons. The molecule has 0 saturated carbocycles. The Balaban J connectivity index is 3.12. The number of ether oxygens (including phenoxy) is 2. The number of hydrogen-bond acceptors (Lipinski definition) is 6. The summed E-state index contributed by atoms with van der Waals surface area (Å²) in [7, 11) is 0. The van der Waals surface area contributed by atoms with Crippen molar-refractivity contribution in [3.63, 3.8) is 0 Å². The molecule has 0 bridgehead atoms. The minimum atomic E-state index is -1.25. The highest BCUT2D eigenvalue weighted by molar-refractivity contribution is 5.80. The number of hydrogen-bond donors (Lipinski definition) is 3. The Kier molecular flexibility index (Phi) is 12.0. The molecule has 3 N–H and O–H groups in total. The summed E-state index contributed by atoms with van der Waals surface area (Å²) in [4.78, 5) is 38.6. The number of aliphatic carboxylic acids is 1. The molecule has 1 aromatic carbocycles. The lowest BCUT2D eigenvalue weighted by Crippen LogP contribution is -2.54. The molecule has 0 fully saturated rings. The number of carboxylic acids is 1. The van der Waals surface area contributed by atoms with E-state index in [9.17, 15) is 24.6 Å². The average Bonchev–Trinajstić information content (AvgIpc) is 2.72. The number of aliphatic hydroxyl groups excluding tert-OH is 1. The summed E-state index contributed by atoms with van der Waals surface area (Å²) in [5.74, 6) is -1.11. The van der Waals surface area contributed by atoms with Crippen LogP contribution in [-0.2, 0) is 20.9 Å². The lowest BCUT2D eigenvalue weighted by Gasteiger charge is -2.34. The molecule has 0 aromatic heterocycles. The summed E-state index contributed by atoms with van der Waals surface area (Å²) in [6.07, 6.45) is -2.21. The molecule has 2 amide bonds. The molecular formula is C26H42N2O7. The van der Waals surface area contributed by atoms with E-state index in [0.29, 0.717) is 6.42 Å². The number of nitrogens with zero attached hydrogens (tertiary/aromatic N) is 1. The van der Waals surface area contributed by atoms with Gasteiger partial charge in [0.1, 0.15) is 18.2 Å². The number of amides is 2. The second-order valence-electron chi connectivity index (χ2n) is 10.6. The smallest absolute Gasteiger partial charge is 0.410 e. The fourth-order valence-electron chi connectivity index (χ4n) is 3.55. The lowest BCUT2D eigenvalue weighted by atomic mass is 9.97. The molecule has 3 atom stereocenters. The van der Waals surface area contributed by atoms with Gasteiger partial charge in [0.25, 0.3) is 0 Å². The van der Waals surface area contributed by atoms with E-state index in [4.69, 9.17) is 9.47 Å². The Morgan fingerprint density at radius 3 is 2.06 bits per heavy atom. The summed E-state index contributed by atoms with van der Waals surface area (Å²) in [5.41, 5.74) is 0.0254. The Hall–Kier alpha value is -2.81. The minimum absolute atomic E-state index is 0.0241. The lowest BCUT2D eigenvalue weighted by molar-refractivity contribution is -0.144. The normalized spacial score (nSPS) is 14.2. The zero-order chi connectivity index (χ0) is 26.8. The number of aliphatic hydroxyl groups is 1. The second-order valence-corrected chi connectivity index (χ2v) is 10.6.